The molecule has 4 rings (SSSR count). The van der Waals surface area contributed by atoms with Crippen molar-refractivity contribution >= 4 is 5.91 Å². The molecule has 0 bridgehead atoms. The molecule has 5 heteroatoms. The third kappa shape index (κ3) is 3.64. The number of carbonyl (C=O) groups is 1. The van der Waals surface area contributed by atoms with Gasteiger partial charge in [-0.3, -0.25) is 14.7 Å². The molecule has 2 fully saturated rings. The van der Waals surface area contributed by atoms with E-state index in [4.69, 9.17) is 4.74 Å². The molecule has 1 amide bonds. The standard InChI is InChI=1S/C21H25N3O2/c1-23(13-17-6-3-2-4-7-17)19-11-21(26-14-19)15-24(16-21)20(25)10-18-8-5-9-22-12-18/h2-9,12,19H,10-11,13-16H2,1H3. The van der Waals surface area contributed by atoms with Crippen molar-refractivity contribution in [3.63, 3.8) is 0 Å². The molecule has 1 atom stereocenters. The number of likely N-dealkylation sites (N-methyl/N-ethyl adjacent to an activating group) is 1. The average Bonchev–Trinajstić information content (AvgIpc) is 3.08. The highest BCUT2D eigenvalue weighted by Crippen LogP contribution is 2.37. The quantitative estimate of drug-likeness (QED) is 0.828. The Balaban J connectivity index is 1.27. The first-order valence-electron chi connectivity index (χ1n) is 9.18. The Morgan fingerprint density at radius 1 is 1.23 bits per heavy atom. The van der Waals surface area contributed by atoms with Crippen LogP contribution in [0.5, 0.6) is 0 Å². The van der Waals surface area contributed by atoms with Crippen LogP contribution in [0, 0.1) is 0 Å². The topological polar surface area (TPSA) is 45.7 Å². The van der Waals surface area contributed by atoms with Crippen LogP contribution in [0.4, 0.5) is 0 Å². The Morgan fingerprint density at radius 3 is 2.73 bits per heavy atom. The summed E-state index contributed by atoms with van der Waals surface area (Å²) in [4.78, 5) is 20.8. The monoisotopic (exact) mass is 351 g/mol. The fourth-order valence-electron chi connectivity index (χ4n) is 3.94. The highest BCUT2D eigenvalue weighted by Gasteiger charge is 2.51. The van der Waals surface area contributed by atoms with Crippen LogP contribution in [-0.2, 0) is 22.5 Å². The van der Waals surface area contributed by atoms with Gasteiger partial charge in [-0.1, -0.05) is 36.4 Å². The highest BCUT2D eigenvalue weighted by molar-refractivity contribution is 5.79. The van der Waals surface area contributed by atoms with Crippen molar-refractivity contribution < 1.29 is 9.53 Å². The van der Waals surface area contributed by atoms with Crippen molar-refractivity contribution in [1.82, 2.24) is 14.8 Å². The number of nitrogens with zero attached hydrogens (tertiary/aromatic N) is 3. The van der Waals surface area contributed by atoms with E-state index in [2.05, 4.69) is 41.2 Å². The van der Waals surface area contributed by atoms with Gasteiger partial charge >= 0.3 is 0 Å². The molecule has 2 aliphatic rings. The van der Waals surface area contributed by atoms with E-state index < -0.39 is 0 Å². The molecule has 3 heterocycles. The Kier molecular flexibility index (Phi) is 4.74. The van der Waals surface area contributed by atoms with Crippen LogP contribution < -0.4 is 0 Å². The SMILES string of the molecule is CN(Cc1ccccc1)C1COC2(C1)CN(C(=O)Cc1cccnc1)C2. The molecule has 1 aromatic heterocycles. The number of hydrogen-bond donors (Lipinski definition) is 0. The predicted molar refractivity (Wildman–Crippen MR) is 99.5 cm³/mol. The van der Waals surface area contributed by atoms with Gasteiger partial charge in [0.15, 0.2) is 0 Å². The van der Waals surface area contributed by atoms with Crippen molar-refractivity contribution in [3.8, 4) is 0 Å². The fraction of sp³-hybridized carbons (Fsp3) is 0.429. The number of aromatic nitrogens is 1. The van der Waals surface area contributed by atoms with Crippen molar-refractivity contribution in [2.24, 2.45) is 0 Å². The van der Waals surface area contributed by atoms with Crippen molar-refractivity contribution in [2.75, 3.05) is 26.7 Å². The summed E-state index contributed by atoms with van der Waals surface area (Å²) >= 11 is 0. The molecule has 0 N–H and O–H groups in total. The first kappa shape index (κ1) is 17.2. The minimum atomic E-state index is -0.139. The molecule has 2 aromatic rings. The maximum absolute atomic E-state index is 12.4. The summed E-state index contributed by atoms with van der Waals surface area (Å²) in [5, 5.41) is 0. The molecular formula is C21H25N3O2. The molecule has 0 radical (unpaired) electrons. The van der Waals surface area contributed by atoms with Crippen LogP contribution in [0.3, 0.4) is 0 Å². The van der Waals surface area contributed by atoms with Gasteiger partial charge in [0, 0.05) is 25.0 Å². The van der Waals surface area contributed by atoms with E-state index in [0.717, 1.165) is 25.1 Å². The van der Waals surface area contributed by atoms with Gasteiger partial charge in [-0.25, -0.2) is 0 Å². The summed E-state index contributed by atoms with van der Waals surface area (Å²) in [6.07, 6.45) is 4.90. The second-order valence-electron chi connectivity index (χ2n) is 7.54. The normalized spacial score (nSPS) is 21.2. The number of carbonyl (C=O) groups excluding carboxylic acids is 1. The highest BCUT2D eigenvalue weighted by atomic mass is 16.5. The molecule has 0 saturated carbocycles. The number of likely N-dealkylation sites (tertiary alicyclic amines) is 1. The zero-order valence-corrected chi connectivity index (χ0v) is 15.2. The smallest absolute Gasteiger partial charge is 0.227 e. The summed E-state index contributed by atoms with van der Waals surface area (Å²) in [5.74, 6) is 0.160. The van der Waals surface area contributed by atoms with Gasteiger partial charge in [-0.05, 0) is 30.7 Å². The first-order chi connectivity index (χ1) is 12.6. The maximum atomic E-state index is 12.4. The molecule has 26 heavy (non-hydrogen) atoms. The van der Waals surface area contributed by atoms with Crippen LogP contribution in [0.1, 0.15) is 17.5 Å². The van der Waals surface area contributed by atoms with E-state index in [1.54, 1.807) is 12.4 Å². The van der Waals surface area contributed by atoms with Gasteiger partial charge in [0.25, 0.3) is 0 Å². The summed E-state index contributed by atoms with van der Waals surface area (Å²) in [7, 11) is 2.16. The summed E-state index contributed by atoms with van der Waals surface area (Å²) in [5.41, 5.74) is 2.14. The van der Waals surface area contributed by atoms with E-state index in [1.807, 2.05) is 23.1 Å². The molecule has 136 valence electrons. The Labute approximate surface area is 154 Å². The van der Waals surface area contributed by atoms with Gasteiger partial charge in [0.05, 0.1) is 26.1 Å². The second-order valence-corrected chi connectivity index (χ2v) is 7.54. The number of hydrogen-bond acceptors (Lipinski definition) is 4. The van der Waals surface area contributed by atoms with E-state index in [9.17, 15) is 4.79 Å². The number of amides is 1. The number of pyridine rings is 1. The van der Waals surface area contributed by atoms with Crippen LogP contribution in [0.15, 0.2) is 54.9 Å². The average molecular weight is 351 g/mol. The number of benzene rings is 1. The largest absolute Gasteiger partial charge is 0.370 e. The van der Waals surface area contributed by atoms with Gasteiger partial charge in [0.2, 0.25) is 5.91 Å². The van der Waals surface area contributed by atoms with Gasteiger partial charge < -0.3 is 9.64 Å². The predicted octanol–water partition coefficient (Wildman–Crippen LogP) is 2.13. The molecule has 5 nitrogen and oxygen atoms in total. The minimum Gasteiger partial charge on any atom is -0.370 e. The Bertz CT molecular complexity index is 744. The summed E-state index contributed by atoms with van der Waals surface area (Å²) < 4.78 is 6.13. The van der Waals surface area contributed by atoms with Crippen LogP contribution in [0.2, 0.25) is 0 Å². The molecule has 1 aromatic carbocycles. The number of ether oxygens (including phenoxy) is 1. The van der Waals surface area contributed by atoms with Crippen LogP contribution in [0.25, 0.3) is 0 Å². The maximum Gasteiger partial charge on any atom is 0.227 e. The lowest BCUT2D eigenvalue weighted by Gasteiger charge is -2.47. The summed E-state index contributed by atoms with van der Waals surface area (Å²) in [6, 6.07) is 14.7. The van der Waals surface area contributed by atoms with Crippen LogP contribution >= 0.6 is 0 Å². The Hall–Kier alpha value is -2.24. The molecular weight excluding hydrogens is 326 g/mol. The lowest BCUT2D eigenvalue weighted by molar-refractivity contribution is -0.157. The van der Waals surface area contributed by atoms with Gasteiger partial charge in [-0.2, -0.15) is 0 Å². The summed E-state index contributed by atoms with van der Waals surface area (Å²) in [6.45, 7) is 3.09. The second kappa shape index (κ2) is 7.17. The van der Waals surface area contributed by atoms with Gasteiger partial charge in [0.1, 0.15) is 5.60 Å². The van der Waals surface area contributed by atoms with Crippen molar-refractivity contribution in [3.05, 3.63) is 66.0 Å². The Morgan fingerprint density at radius 2 is 2.00 bits per heavy atom. The van der Waals surface area contributed by atoms with E-state index in [-0.39, 0.29) is 11.5 Å². The fourth-order valence-corrected chi connectivity index (χ4v) is 3.94. The molecule has 1 spiro atoms. The first-order valence-corrected chi connectivity index (χ1v) is 9.18. The molecule has 1 unspecified atom stereocenters. The van der Waals surface area contributed by atoms with E-state index >= 15 is 0 Å². The van der Waals surface area contributed by atoms with Crippen molar-refractivity contribution in [1.29, 1.82) is 0 Å². The zero-order valence-electron chi connectivity index (χ0n) is 15.2. The van der Waals surface area contributed by atoms with E-state index in [0.29, 0.717) is 25.6 Å². The van der Waals surface area contributed by atoms with Gasteiger partial charge in [-0.15, -0.1) is 0 Å². The minimum absolute atomic E-state index is 0.139. The lowest BCUT2D eigenvalue weighted by atomic mass is 9.88. The number of rotatable bonds is 5. The third-order valence-corrected chi connectivity index (χ3v) is 5.48. The zero-order chi connectivity index (χ0) is 18.0. The van der Waals surface area contributed by atoms with E-state index in [1.165, 1.54) is 5.56 Å². The van der Waals surface area contributed by atoms with Crippen molar-refractivity contribution in [2.45, 2.75) is 31.0 Å². The van der Waals surface area contributed by atoms with Crippen LogP contribution in [-0.4, -0.2) is 59.1 Å². The molecule has 2 aliphatic heterocycles. The molecule has 0 aliphatic carbocycles. The lowest BCUT2D eigenvalue weighted by Crippen LogP contribution is -2.63. The molecule has 2 saturated heterocycles. The third-order valence-electron chi connectivity index (χ3n) is 5.48.